The number of nitrogens with one attached hydrogen (secondary N) is 1. The lowest BCUT2D eigenvalue weighted by molar-refractivity contribution is -0.116. The molecule has 0 fully saturated rings. The summed E-state index contributed by atoms with van der Waals surface area (Å²) >= 11 is 1.31. The average molecular weight is 471 g/mol. The highest BCUT2D eigenvalue weighted by molar-refractivity contribution is 7.89. The van der Waals surface area contributed by atoms with Crippen molar-refractivity contribution >= 4 is 43.4 Å². The first kappa shape index (κ1) is 22.1. The summed E-state index contributed by atoms with van der Waals surface area (Å²) in [6.07, 6.45) is 0.609. The molecule has 0 aliphatic rings. The van der Waals surface area contributed by atoms with E-state index in [2.05, 4.69) is 20.5 Å². The number of hydrogen-bond acceptors (Lipinski definition) is 7. The van der Waals surface area contributed by atoms with E-state index < -0.39 is 10.0 Å². The Hall–Kier alpha value is -3.15. The van der Waals surface area contributed by atoms with Crippen LogP contribution in [0.4, 0.5) is 5.13 Å². The van der Waals surface area contributed by atoms with Crippen molar-refractivity contribution < 1.29 is 13.2 Å². The van der Waals surface area contributed by atoms with Crippen molar-refractivity contribution in [2.24, 2.45) is 7.05 Å². The van der Waals surface area contributed by atoms with E-state index in [-0.39, 0.29) is 17.2 Å². The molecule has 9 nitrogen and oxygen atoms in total. The molecular weight excluding hydrogens is 448 g/mol. The maximum Gasteiger partial charge on any atom is 0.242 e. The van der Waals surface area contributed by atoms with Gasteiger partial charge < -0.3 is 9.88 Å². The van der Waals surface area contributed by atoms with Crippen LogP contribution in [0.25, 0.3) is 21.6 Å². The van der Waals surface area contributed by atoms with Gasteiger partial charge in [0.05, 0.1) is 15.9 Å². The number of carbonyl (C=O) groups is 1. The van der Waals surface area contributed by atoms with Crippen molar-refractivity contribution in [2.75, 3.05) is 19.4 Å². The van der Waals surface area contributed by atoms with Gasteiger partial charge in [-0.25, -0.2) is 17.7 Å². The molecule has 4 aromatic rings. The number of anilines is 1. The first-order valence-electron chi connectivity index (χ1n) is 9.82. The molecule has 0 saturated heterocycles. The van der Waals surface area contributed by atoms with Gasteiger partial charge in [0.1, 0.15) is 10.8 Å². The molecule has 0 spiro atoms. The van der Waals surface area contributed by atoms with Crippen LogP contribution in [0.3, 0.4) is 0 Å². The number of sulfonamides is 1. The Morgan fingerprint density at radius 1 is 1.12 bits per heavy atom. The first-order chi connectivity index (χ1) is 15.3. The van der Waals surface area contributed by atoms with Crippen LogP contribution in [-0.2, 0) is 28.3 Å². The highest BCUT2D eigenvalue weighted by Gasteiger charge is 2.19. The fourth-order valence-corrected chi connectivity index (χ4v) is 4.89. The minimum Gasteiger partial charge on any atom is -0.331 e. The van der Waals surface area contributed by atoms with Crippen LogP contribution in [0.1, 0.15) is 12.2 Å². The van der Waals surface area contributed by atoms with Crippen molar-refractivity contribution in [3.63, 3.8) is 0 Å². The van der Waals surface area contributed by atoms with Crippen molar-refractivity contribution in [3.8, 4) is 10.6 Å². The molecule has 4 rings (SSSR count). The van der Waals surface area contributed by atoms with Gasteiger partial charge in [0.25, 0.3) is 0 Å². The number of imidazole rings is 1. The van der Waals surface area contributed by atoms with Crippen LogP contribution in [-0.4, -0.2) is 52.5 Å². The van der Waals surface area contributed by atoms with E-state index in [0.29, 0.717) is 22.9 Å². The van der Waals surface area contributed by atoms with E-state index >= 15 is 0 Å². The fourth-order valence-electron chi connectivity index (χ4n) is 3.20. The highest BCUT2D eigenvalue weighted by Crippen LogP contribution is 2.26. The van der Waals surface area contributed by atoms with Gasteiger partial charge in [-0.1, -0.05) is 41.7 Å². The Balaban J connectivity index is 1.44. The number of aryl methyl sites for hydroxylation is 2. The zero-order valence-corrected chi connectivity index (χ0v) is 19.4. The molecule has 0 aliphatic carbocycles. The predicted octanol–water partition coefficient (Wildman–Crippen LogP) is 2.91. The Morgan fingerprint density at radius 2 is 1.88 bits per heavy atom. The fraction of sp³-hybridized carbons (Fsp3) is 0.238. The summed E-state index contributed by atoms with van der Waals surface area (Å²) in [4.78, 5) is 17.2. The van der Waals surface area contributed by atoms with Gasteiger partial charge in [-0.2, -0.15) is 0 Å². The standard InChI is InChI=1S/C21H22N6O3S2/c1-26(2)32(29,30)15-9-10-17-16(13-15)22-18(27(17)3)11-12-19(28)23-21-25-24-20(31-21)14-7-5-4-6-8-14/h4-10,13H,11-12H2,1-3H3,(H,23,25,28). The van der Waals surface area contributed by atoms with Crippen molar-refractivity contribution in [3.05, 3.63) is 54.4 Å². The van der Waals surface area contributed by atoms with Crippen LogP contribution in [0, 0.1) is 0 Å². The first-order valence-corrected chi connectivity index (χ1v) is 12.1. The highest BCUT2D eigenvalue weighted by atomic mass is 32.2. The normalized spacial score (nSPS) is 11.9. The molecule has 2 heterocycles. The number of hydrogen-bond donors (Lipinski definition) is 1. The van der Waals surface area contributed by atoms with Crippen LogP contribution in [0.15, 0.2) is 53.4 Å². The lowest BCUT2D eigenvalue weighted by atomic mass is 10.2. The van der Waals surface area contributed by atoms with Gasteiger partial charge in [0.15, 0.2) is 0 Å². The maximum atomic E-state index is 12.4. The monoisotopic (exact) mass is 470 g/mol. The van der Waals surface area contributed by atoms with E-state index in [1.807, 2.05) is 41.9 Å². The maximum absolute atomic E-state index is 12.4. The van der Waals surface area contributed by atoms with Crippen molar-refractivity contribution in [1.29, 1.82) is 0 Å². The second-order valence-corrected chi connectivity index (χ2v) is 10.5. The lowest BCUT2D eigenvalue weighted by Crippen LogP contribution is -2.22. The summed E-state index contributed by atoms with van der Waals surface area (Å²) in [6, 6.07) is 14.5. The number of rotatable bonds is 7. The van der Waals surface area contributed by atoms with E-state index in [4.69, 9.17) is 0 Å². The van der Waals surface area contributed by atoms with E-state index in [9.17, 15) is 13.2 Å². The van der Waals surface area contributed by atoms with Gasteiger partial charge in [-0.05, 0) is 18.2 Å². The molecule has 1 amide bonds. The van der Waals surface area contributed by atoms with Gasteiger partial charge in [-0.15, -0.1) is 10.2 Å². The number of aromatic nitrogens is 4. The summed E-state index contributed by atoms with van der Waals surface area (Å²) in [5.74, 6) is 0.500. The molecular formula is C21H22N6O3S2. The number of carbonyl (C=O) groups excluding carboxylic acids is 1. The third kappa shape index (κ3) is 4.40. The number of fused-ring (bicyclic) bond motifs is 1. The molecule has 1 N–H and O–H groups in total. The van der Waals surface area contributed by atoms with Gasteiger partial charge in [0, 0.05) is 39.5 Å². The molecule has 32 heavy (non-hydrogen) atoms. The molecule has 166 valence electrons. The summed E-state index contributed by atoms with van der Waals surface area (Å²) in [6.45, 7) is 0. The molecule has 2 aromatic carbocycles. The second-order valence-electron chi connectivity index (χ2n) is 7.35. The smallest absolute Gasteiger partial charge is 0.242 e. The molecule has 0 saturated carbocycles. The van der Waals surface area contributed by atoms with Crippen LogP contribution in [0.5, 0.6) is 0 Å². The SMILES string of the molecule is CN(C)S(=O)(=O)c1ccc2c(c1)nc(CCC(=O)Nc1nnc(-c3ccccc3)s1)n2C. The van der Waals surface area contributed by atoms with Gasteiger partial charge >= 0.3 is 0 Å². The molecule has 0 unspecified atom stereocenters. The summed E-state index contributed by atoms with van der Waals surface area (Å²) in [7, 11) is 1.28. The van der Waals surface area contributed by atoms with Crippen molar-refractivity contribution in [1.82, 2.24) is 24.1 Å². The minimum absolute atomic E-state index is 0.183. The van der Waals surface area contributed by atoms with E-state index in [0.717, 1.165) is 16.1 Å². The second kappa shape index (κ2) is 8.77. The van der Waals surface area contributed by atoms with Crippen LogP contribution >= 0.6 is 11.3 Å². The molecule has 0 atom stereocenters. The largest absolute Gasteiger partial charge is 0.331 e. The molecule has 0 bridgehead atoms. The quantitative estimate of drug-likeness (QED) is 0.445. The van der Waals surface area contributed by atoms with Crippen molar-refractivity contribution in [2.45, 2.75) is 17.7 Å². The topological polar surface area (TPSA) is 110 Å². The number of amides is 1. The Labute approximate surface area is 189 Å². The lowest BCUT2D eigenvalue weighted by Gasteiger charge is -2.10. The molecule has 11 heteroatoms. The van der Waals surface area contributed by atoms with Crippen LogP contribution in [0.2, 0.25) is 0 Å². The van der Waals surface area contributed by atoms with Gasteiger partial charge in [0.2, 0.25) is 21.1 Å². The third-order valence-electron chi connectivity index (χ3n) is 4.99. The van der Waals surface area contributed by atoms with E-state index in [1.165, 1.54) is 29.7 Å². The number of benzene rings is 2. The third-order valence-corrected chi connectivity index (χ3v) is 7.69. The Morgan fingerprint density at radius 3 is 2.59 bits per heavy atom. The van der Waals surface area contributed by atoms with Crippen LogP contribution < -0.4 is 5.32 Å². The zero-order chi connectivity index (χ0) is 22.9. The molecule has 2 aromatic heterocycles. The van der Waals surface area contributed by atoms with Gasteiger partial charge in [-0.3, -0.25) is 4.79 Å². The number of nitrogens with zero attached hydrogens (tertiary/aromatic N) is 5. The molecule has 0 radical (unpaired) electrons. The molecule has 0 aliphatic heterocycles. The minimum atomic E-state index is -3.54. The summed E-state index contributed by atoms with van der Waals surface area (Å²) in [5, 5.41) is 12.1. The Bertz CT molecular complexity index is 1380. The van der Waals surface area contributed by atoms with E-state index in [1.54, 1.807) is 18.2 Å². The zero-order valence-electron chi connectivity index (χ0n) is 17.8. The summed E-state index contributed by atoms with van der Waals surface area (Å²) < 4.78 is 27.8. The summed E-state index contributed by atoms with van der Waals surface area (Å²) in [5.41, 5.74) is 2.32. The predicted molar refractivity (Wildman–Crippen MR) is 124 cm³/mol. The Kier molecular flexibility index (Phi) is 6.04. The average Bonchev–Trinajstić information content (AvgIpc) is 3.37.